The normalized spacial score (nSPS) is 18.7. The Bertz CT molecular complexity index is 779. The Labute approximate surface area is 151 Å². The summed E-state index contributed by atoms with van der Waals surface area (Å²) >= 11 is 1.40. The highest BCUT2D eigenvalue weighted by atomic mass is 32.1. The zero-order valence-corrected chi connectivity index (χ0v) is 15.6. The van der Waals surface area contributed by atoms with Gasteiger partial charge in [-0.05, 0) is 45.1 Å². The predicted molar refractivity (Wildman–Crippen MR) is 99.5 cm³/mol. The second-order valence-corrected chi connectivity index (χ2v) is 7.86. The molecule has 2 aliphatic rings. The molecule has 3 heterocycles. The molecule has 6 nitrogen and oxygen atoms in total. The van der Waals surface area contributed by atoms with E-state index in [1.807, 2.05) is 13.8 Å². The second kappa shape index (κ2) is 6.88. The summed E-state index contributed by atoms with van der Waals surface area (Å²) in [6.07, 6.45) is 6.54. The number of fused-ring (bicyclic) bond motifs is 1. The van der Waals surface area contributed by atoms with E-state index in [0.717, 1.165) is 53.6 Å². The van der Waals surface area contributed by atoms with Crippen molar-refractivity contribution in [3.63, 3.8) is 0 Å². The summed E-state index contributed by atoms with van der Waals surface area (Å²) in [4.78, 5) is 25.0. The number of aryl methyl sites for hydroxylation is 1. The van der Waals surface area contributed by atoms with Crippen molar-refractivity contribution in [3.05, 3.63) is 16.8 Å². The summed E-state index contributed by atoms with van der Waals surface area (Å²) in [7, 11) is 0. The van der Waals surface area contributed by atoms with E-state index < -0.39 is 0 Å². The van der Waals surface area contributed by atoms with E-state index in [1.54, 1.807) is 6.33 Å². The standard InChI is InChI=1S/C18H24N4O2S/c1-3-24-18(23)15-11(2)14-16(19-10-20-17(14)25-15)22-8-6-13(7-9-22)21-12-4-5-12/h10,12-13,21H,3-9H2,1-2H3. The van der Waals surface area contributed by atoms with Crippen LogP contribution in [0.2, 0.25) is 0 Å². The number of hydrogen-bond acceptors (Lipinski definition) is 7. The minimum Gasteiger partial charge on any atom is -0.462 e. The average molecular weight is 360 g/mol. The molecule has 0 aromatic carbocycles. The molecule has 134 valence electrons. The molecular formula is C18H24N4O2S. The molecule has 0 amide bonds. The van der Waals surface area contributed by atoms with Gasteiger partial charge in [0.25, 0.3) is 0 Å². The van der Waals surface area contributed by atoms with Crippen LogP contribution in [0.15, 0.2) is 6.33 Å². The van der Waals surface area contributed by atoms with Crippen LogP contribution >= 0.6 is 11.3 Å². The third-order valence-corrected chi connectivity index (χ3v) is 6.19. The molecule has 0 unspecified atom stereocenters. The summed E-state index contributed by atoms with van der Waals surface area (Å²) in [5.74, 6) is 0.695. The number of aromatic nitrogens is 2. The van der Waals surface area contributed by atoms with Crippen molar-refractivity contribution >= 4 is 33.3 Å². The van der Waals surface area contributed by atoms with E-state index >= 15 is 0 Å². The lowest BCUT2D eigenvalue weighted by Crippen LogP contribution is -2.43. The number of ether oxygens (including phenoxy) is 1. The van der Waals surface area contributed by atoms with Crippen LogP contribution in [0.3, 0.4) is 0 Å². The van der Waals surface area contributed by atoms with Crippen LogP contribution in [0, 0.1) is 6.92 Å². The van der Waals surface area contributed by atoms with E-state index in [-0.39, 0.29) is 5.97 Å². The van der Waals surface area contributed by atoms with Gasteiger partial charge in [0.1, 0.15) is 21.9 Å². The fourth-order valence-corrected chi connectivity index (χ4v) is 4.56. The monoisotopic (exact) mass is 360 g/mol. The quantitative estimate of drug-likeness (QED) is 0.827. The Morgan fingerprint density at radius 2 is 2.00 bits per heavy atom. The number of carbonyl (C=O) groups is 1. The molecule has 0 bridgehead atoms. The van der Waals surface area contributed by atoms with Gasteiger partial charge in [-0.25, -0.2) is 14.8 Å². The summed E-state index contributed by atoms with van der Waals surface area (Å²) < 4.78 is 5.18. The molecule has 2 fully saturated rings. The minimum atomic E-state index is -0.263. The number of rotatable bonds is 5. The smallest absolute Gasteiger partial charge is 0.348 e. The predicted octanol–water partition coefficient (Wildman–Crippen LogP) is 2.90. The average Bonchev–Trinajstić information content (AvgIpc) is 3.37. The Morgan fingerprint density at radius 1 is 1.28 bits per heavy atom. The summed E-state index contributed by atoms with van der Waals surface area (Å²) in [5.41, 5.74) is 0.937. The van der Waals surface area contributed by atoms with Gasteiger partial charge in [-0.3, -0.25) is 0 Å². The molecule has 1 aliphatic carbocycles. The van der Waals surface area contributed by atoms with Crippen molar-refractivity contribution < 1.29 is 9.53 Å². The summed E-state index contributed by atoms with van der Waals surface area (Å²) in [5, 5.41) is 4.73. The number of hydrogen-bond donors (Lipinski definition) is 1. The van der Waals surface area contributed by atoms with Gasteiger partial charge in [0.05, 0.1) is 12.0 Å². The van der Waals surface area contributed by atoms with Gasteiger partial charge in [-0.15, -0.1) is 11.3 Å². The maximum Gasteiger partial charge on any atom is 0.348 e. The first kappa shape index (κ1) is 16.7. The molecule has 1 N–H and O–H groups in total. The van der Waals surface area contributed by atoms with Gasteiger partial charge in [-0.2, -0.15) is 0 Å². The number of piperidine rings is 1. The highest BCUT2D eigenvalue weighted by Gasteiger charge is 2.29. The van der Waals surface area contributed by atoms with Crippen molar-refractivity contribution in [2.45, 2.75) is 51.6 Å². The molecule has 7 heteroatoms. The molecule has 1 aliphatic heterocycles. The molecule has 2 aromatic heterocycles. The van der Waals surface area contributed by atoms with Gasteiger partial charge in [0.15, 0.2) is 0 Å². The number of esters is 1. The highest BCUT2D eigenvalue weighted by molar-refractivity contribution is 7.20. The maximum atomic E-state index is 12.2. The SMILES string of the molecule is CCOC(=O)c1sc2ncnc(N3CCC(NC4CC4)CC3)c2c1C. The van der Waals surface area contributed by atoms with Gasteiger partial charge in [0.2, 0.25) is 0 Å². The Kier molecular flexibility index (Phi) is 4.60. The Balaban J connectivity index is 1.58. The Morgan fingerprint density at radius 3 is 2.68 bits per heavy atom. The zero-order valence-electron chi connectivity index (χ0n) is 14.7. The fraction of sp³-hybridized carbons (Fsp3) is 0.611. The van der Waals surface area contributed by atoms with E-state index in [1.165, 1.54) is 24.2 Å². The van der Waals surface area contributed by atoms with Crippen LogP contribution in [0.1, 0.15) is 47.8 Å². The molecule has 0 atom stereocenters. The fourth-order valence-electron chi connectivity index (χ4n) is 3.53. The first-order chi connectivity index (χ1) is 12.2. The lowest BCUT2D eigenvalue weighted by atomic mass is 10.0. The number of anilines is 1. The number of nitrogens with one attached hydrogen (secondary N) is 1. The third kappa shape index (κ3) is 3.35. The summed E-state index contributed by atoms with van der Waals surface area (Å²) in [6, 6.07) is 1.38. The molecule has 0 spiro atoms. The van der Waals surface area contributed by atoms with E-state index in [2.05, 4.69) is 20.2 Å². The van der Waals surface area contributed by atoms with Crippen LogP contribution < -0.4 is 10.2 Å². The van der Waals surface area contributed by atoms with Gasteiger partial charge in [0, 0.05) is 25.2 Å². The lowest BCUT2D eigenvalue weighted by Gasteiger charge is -2.33. The van der Waals surface area contributed by atoms with Crippen molar-refractivity contribution in [2.24, 2.45) is 0 Å². The van der Waals surface area contributed by atoms with Crippen LogP contribution in [-0.2, 0) is 4.74 Å². The molecule has 1 saturated carbocycles. The van der Waals surface area contributed by atoms with Crippen molar-refractivity contribution in [1.82, 2.24) is 15.3 Å². The number of carbonyl (C=O) groups excluding carboxylic acids is 1. The highest BCUT2D eigenvalue weighted by Crippen LogP contribution is 2.36. The van der Waals surface area contributed by atoms with E-state index in [0.29, 0.717) is 17.5 Å². The molecule has 2 aromatic rings. The molecule has 1 saturated heterocycles. The van der Waals surface area contributed by atoms with Crippen molar-refractivity contribution in [1.29, 1.82) is 0 Å². The number of nitrogens with zero attached hydrogens (tertiary/aromatic N) is 3. The molecular weight excluding hydrogens is 336 g/mol. The first-order valence-corrected chi connectivity index (χ1v) is 9.91. The summed E-state index contributed by atoms with van der Waals surface area (Å²) in [6.45, 7) is 6.15. The largest absolute Gasteiger partial charge is 0.462 e. The van der Waals surface area contributed by atoms with Crippen molar-refractivity contribution in [2.75, 3.05) is 24.6 Å². The molecule has 4 rings (SSSR count). The van der Waals surface area contributed by atoms with Gasteiger partial charge < -0.3 is 15.0 Å². The lowest BCUT2D eigenvalue weighted by molar-refractivity contribution is 0.0531. The van der Waals surface area contributed by atoms with Gasteiger partial charge in [-0.1, -0.05) is 0 Å². The maximum absolute atomic E-state index is 12.2. The van der Waals surface area contributed by atoms with Crippen molar-refractivity contribution in [3.8, 4) is 0 Å². The van der Waals surface area contributed by atoms with Crippen LogP contribution in [0.4, 0.5) is 5.82 Å². The van der Waals surface area contributed by atoms with Crippen LogP contribution in [-0.4, -0.2) is 47.7 Å². The van der Waals surface area contributed by atoms with E-state index in [4.69, 9.17) is 4.74 Å². The van der Waals surface area contributed by atoms with Crippen LogP contribution in [0.25, 0.3) is 10.2 Å². The van der Waals surface area contributed by atoms with E-state index in [9.17, 15) is 4.79 Å². The second-order valence-electron chi connectivity index (χ2n) is 6.86. The zero-order chi connectivity index (χ0) is 17.4. The Hall–Kier alpha value is -1.73. The molecule has 0 radical (unpaired) electrons. The van der Waals surface area contributed by atoms with Crippen LogP contribution in [0.5, 0.6) is 0 Å². The minimum absolute atomic E-state index is 0.263. The topological polar surface area (TPSA) is 67.3 Å². The first-order valence-electron chi connectivity index (χ1n) is 9.09. The number of thiophene rings is 1. The molecule has 25 heavy (non-hydrogen) atoms. The van der Waals surface area contributed by atoms with Gasteiger partial charge >= 0.3 is 5.97 Å². The third-order valence-electron chi connectivity index (χ3n) is 5.01.